The highest BCUT2D eigenvalue weighted by Gasteiger charge is 2.02. The van der Waals surface area contributed by atoms with Gasteiger partial charge < -0.3 is 15.8 Å². The molecule has 1 aromatic heterocycles. The summed E-state index contributed by atoms with van der Waals surface area (Å²) >= 11 is 0. The monoisotopic (exact) mass is 179 g/mol. The number of H-pyrrole nitrogens is 1. The zero-order valence-electron chi connectivity index (χ0n) is 6.37. The third kappa shape index (κ3) is 2.07. The molecule has 0 fully saturated rings. The number of primary amides is 1. The number of nitrogens with one attached hydrogen (secondary N) is 1. The molecule has 1 heterocycles. The number of hydrogen-bond donors (Lipinski definition) is 3. The largest absolute Gasteiger partial charge is 0.492 e. The summed E-state index contributed by atoms with van der Waals surface area (Å²) in [5, 5.41) is 9.02. The average molecular weight is 179 g/mol. The van der Waals surface area contributed by atoms with Crippen LogP contribution >= 0.6 is 0 Å². The normalized spacial score (nSPS) is 8.62. The van der Waals surface area contributed by atoms with Gasteiger partial charge in [0.05, 0.1) is 6.33 Å². The number of hydrogen-bond acceptors (Lipinski definition) is 4. The number of carbonyl (C=O) groups excluding carboxylic acids is 1. The Morgan fingerprint density at radius 1 is 1.69 bits per heavy atom. The molecular formula is C7H5N3O3. The van der Waals surface area contributed by atoms with Gasteiger partial charge in [-0.05, 0) is 5.92 Å². The second-order valence-corrected chi connectivity index (χ2v) is 2.04. The Kier molecular flexibility index (Phi) is 2.31. The fourth-order valence-corrected chi connectivity index (χ4v) is 0.627. The highest BCUT2D eigenvalue weighted by molar-refractivity contribution is 5.92. The molecule has 0 saturated carbocycles. The molecule has 4 N–H and O–H groups in total. The first-order valence-corrected chi connectivity index (χ1v) is 3.19. The molecule has 0 saturated heterocycles. The number of rotatable bonds is 0. The molecule has 6 nitrogen and oxygen atoms in total. The minimum Gasteiger partial charge on any atom is -0.492 e. The molecule has 1 aromatic rings. The van der Waals surface area contributed by atoms with E-state index in [1.165, 1.54) is 0 Å². The van der Waals surface area contributed by atoms with Crippen LogP contribution in [0, 0.1) is 11.8 Å². The highest BCUT2D eigenvalue weighted by Crippen LogP contribution is 2.02. The first kappa shape index (κ1) is 8.80. The maximum absolute atomic E-state index is 10.9. The summed E-state index contributed by atoms with van der Waals surface area (Å²) < 4.78 is 0. The van der Waals surface area contributed by atoms with E-state index in [9.17, 15) is 9.59 Å². The van der Waals surface area contributed by atoms with Crippen molar-refractivity contribution in [1.29, 1.82) is 0 Å². The summed E-state index contributed by atoms with van der Waals surface area (Å²) in [6, 6.07) is 0. The van der Waals surface area contributed by atoms with Crippen molar-refractivity contribution in [2.75, 3.05) is 0 Å². The van der Waals surface area contributed by atoms with Gasteiger partial charge in [0.2, 0.25) is 5.88 Å². The minimum atomic E-state index is -0.886. The van der Waals surface area contributed by atoms with E-state index < -0.39 is 17.3 Å². The zero-order chi connectivity index (χ0) is 9.84. The predicted octanol–water partition coefficient (Wildman–Crippen LogP) is -1.69. The second kappa shape index (κ2) is 3.40. The molecule has 0 aliphatic rings. The summed E-state index contributed by atoms with van der Waals surface area (Å²) in [7, 11) is 0. The van der Waals surface area contributed by atoms with E-state index in [2.05, 4.69) is 15.9 Å². The van der Waals surface area contributed by atoms with E-state index in [1.807, 2.05) is 5.92 Å². The molecule has 66 valence electrons. The number of amides is 1. The second-order valence-electron chi connectivity index (χ2n) is 2.04. The number of aromatic hydroxyl groups is 1. The van der Waals surface area contributed by atoms with Crippen LogP contribution in [0.15, 0.2) is 11.1 Å². The van der Waals surface area contributed by atoms with Crippen molar-refractivity contribution in [3.63, 3.8) is 0 Å². The van der Waals surface area contributed by atoms with Crippen LogP contribution in [0.1, 0.15) is 5.56 Å². The Hall–Kier alpha value is -2.29. The number of nitrogens with two attached hydrogens (primary N) is 1. The molecule has 0 bridgehead atoms. The Morgan fingerprint density at radius 3 is 2.92 bits per heavy atom. The number of aromatic nitrogens is 2. The number of nitrogens with zero attached hydrogens (tertiary/aromatic N) is 1. The molecular weight excluding hydrogens is 174 g/mol. The van der Waals surface area contributed by atoms with Gasteiger partial charge in [0.1, 0.15) is 0 Å². The van der Waals surface area contributed by atoms with Crippen LogP contribution < -0.4 is 11.3 Å². The Morgan fingerprint density at radius 2 is 2.38 bits per heavy atom. The van der Waals surface area contributed by atoms with Crippen LogP contribution in [0.2, 0.25) is 0 Å². The minimum absolute atomic E-state index is 0.277. The topological polar surface area (TPSA) is 109 Å². The van der Waals surface area contributed by atoms with Crippen LogP contribution in [0.4, 0.5) is 0 Å². The van der Waals surface area contributed by atoms with Crippen molar-refractivity contribution < 1.29 is 9.90 Å². The van der Waals surface area contributed by atoms with Gasteiger partial charge in [-0.2, -0.15) is 0 Å². The SMILES string of the molecule is NC(=O)C#Cc1c(O)nc[nH]c1=O. The lowest BCUT2D eigenvalue weighted by atomic mass is 10.3. The fourth-order valence-electron chi connectivity index (χ4n) is 0.627. The smallest absolute Gasteiger partial charge is 0.293 e. The van der Waals surface area contributed by atoms with Gasteiger partial charge >= 0.3 is 0 Å². The highest BCUT2D eigenvalue weighted by atomic mass is 16.3. The average Bonchev–Trinajstić information content (AvgIpc) is 2.03. The van der Waals surface area contributed by atoms with E-state index in [1.54, 1.807) is 0 Å². The molecule has 6 heteroatoms. The van der Waals surface area contributed by atoms with Crippen LogP contribution in [0.3, 0.4) is 0 Å². The molecule has 0 aliphatic heterocycles. The summed E-state index contributed by atoms with van der Waals surface area (Å²) in [5.41, 5.74) is 3.81. The van der Waals surface area contributed by atoms with Gasteiger partial charge in [-0.15, -0.1) is 0 Å². The maximum Gasteiger partial charge on any atom is 0.293 e. The molecule has 0 aliphatic carbocycles. The lowest BCUT2D eigenvalue weighted by Crippen LogP contribution is -2.11. The fraction of sp³-hybridized carbons (Fsp3) is 0. The van der Waals surface area contributed by atoms with Gasteiger partial charge in [0.25, 0.3) is 11.5 Å². The van der Waals surface area contributed by atoms with E-state index >= 15 is 0 Å². The van der Waals surface area contributed by atoms with Crippen LogP contribution in [0.5, 0.6) is 5.88 Å². The van der Waals surface area contributed by atoms with Crippen molar-refractivity contribution in [3.8, 4) is 17.7 Å². The molecule has 13 heavy (non-hydrogen) atoms. The summed E-state index contributed by atoms with van der Waals surface area (Å²) in [6.45, 7) is 0. The van der Waals surface area contributed by atoms with Crippen LogP contribution in [-0.2, 0) is 4.79 Å². The van der Waals surface area contributed by atoms with Gasteiger partial charge in [-0.3, -0.25) is 9.59 Å². The van der Waals surface area contributed by atoms with Crippen molar-refractivity contribution >= 4 is 5.91 Å². The van der Waals surface area contributed by atoms with Crippen molar-refractivity contribution in [3.05, 3.63) is 22.2 Å². The van der Waals surface area contributed by atoms with E-state index in [0.29, 0.717) is 0 Å². The summed E-state index contributed by atoms with van der Waals surface area (Å²) in [5.74, 6) is 2.60. The quantitative estimate of drug-likeness (QED) is 0.413. The third-order valence-electron chi connectivity index (χ3n) is 1.14. The molecule has 0 radical (unpaired) electrons. The molecule has 0 spiro atoms. The van der Waals surface area contributed by atoms with Gasteiger partial charge in [0.15, 0.2) is 5.56 Å². The standard InChI is InChI=1S/C7H5N3O3/c8-5(11)2-1-4-6(12)9-3-10-7(4)13/h3H,(H2,8,11)(H2,9,10,12,13). The van der Waals surface area contributed by atoms with Crippen molar-refractivity contribution in [1.82, 2.24) is 9.97 Å². The van der Waals surface area contributed by atoms with E-state index in [0.717, 1.165) is 6.33 Å². The van der Waals surface area contributed by atoms with Gasteiger partial charge in [0, 0.05) is 5.92 Å². The molecule has 1 rings (SSSR count). The molecule has 0 unspecified atom stereocenters. The zero-order valence-corrected chi connectivity index (χ0v) is 6.37. The molecule has 0 atom stereocenters. The molecule has 0 aromatic carbocycles. The Bertz CT molecular complexity index is 452. The van der Waals surface area contributed by atoms with Crippen LogP contribution in [-0.4, -0.2) is 21.0 Å². The summed E-state index contributed by atoms with van der Waals surface area (Å²) in [6.07, 6.45) is 1.02. The Balaban J connectivity index is 3.25. The van der Waals surface area contributed by atoms with E-state index in [4.69, 9.17) is 10.8 Å². The third-order valence-corrected chi connectivity index (χ3v) is 1.14. The lowest BCUT2D eigenvalue weighted by Gasteiger charge is -1.90. The maximum atomic E-state index is 10.9. The predicted molar refractivity (Wildman–Crippen MR) is 42.6 cm³/mol. The summed E-state index contributed by atoms with van der Waals surface area (Å²) in [4.78, 5) is 26.7. The van der Waals surface area contributed by atoms with Gasteiger partial charge in [-0.1, -0.05) is 0 Å². The number of aromatic amines is 1. The lowest BCUT2D eigenvalue weighted by molar-refractivity contribution is -0.112. The molecule has 1 amide bonds. The number of carbonyl (C=O) groups is 1. The van der Waals surface area contributed by atoms with E-state index in [-0.39, 0.29) is 5.56 Å². The van der Waals surface area contributed by atoms with Crippen LogP contribution in [0.25, 0.3) is 0 Å². The first-order valence-electron chi connectivity index (χ1n) is 3.19. The van der Waals surface area contributed by atoms with Gasteiger partial charge in [-0.25, -0.2) is 4.98 Å². The first-order chi connectivity index (χ1) is 6.11. The van der Waals surface area contributed by atoms with Crippen molar-refractivity contribution in [2.24, 2.45) is 5.73 Å². The van der Waals surface area contributed by atoms with Crippen molar-refractivity contribution in [2.45, 2.75) is 0 Å². The Labute approximate surface area is 72.4 Å².